The number of hydrogen-bond acceptors (Lipinski definition) is 4. The largest absolute Gasteiger partial charge is 0.481 e. The molecule has 1 atom stereocenters. The van der Waals surface area contributed by atoms with Crippen LogP contribution in [-0.2, 0) is 15.0 Å². The van der Waals surface area contributed by atoms with Crippen LogP contribution in [-0.4, -0.2) is 65.5 Å². The summed E-state index contributed by atoms with van der Waals surface area (Å²) in [5, 5.41) is 18.3. The van der Waals surface area contributed by atoms with E-state index in [1.807, 2.05) is 0 Å². The molecule has 0 bridgehead atoms. The Balaban J connectivity index is 2.05. The molecule has 2 heterocycles. The maximum Gasteiger partial charge on any atom is 0.306 e. The van der Waals surface area contributed by atoms with Crippen molar-refractivity contribution in [1.82, 2.24) is 8.61 Å². The van der Waals surface area contributed by atoms with E-state index in [0.717, 1.165) is 12.8 Å². The summed E-state index contributed by atoms with van der Waals surface area (Å²) in [7, 11) is -3.58. The van der Waals surface area contributed by atoms with Gasteiger partial charge in [0.1, 0.15) is 0 Å². The van der Waals surface area contributed by atoms with Crippen LogP contribution >= 0.6 is 0 Å². The summed E-state index contributed by atoms with van der Waals surface area (Å²) in [6.45, 7) is 0.763. The lowest BCUT2D eigenvalue weighted by atomic mass is 9.99. The van der Waals surface area contributed by atoms with Crippen molar-refractivity contribution in [3.63, 3.8) is 0 Å². The maximum atomic E-state index is 12.6. The van der Waals surface area contributed by atoms with E-state index in [2.05, 4.69) is 0 Å². The molecule has 2 aliphatic heterocycles. The molecule has 116 valence electrons. The van der Waals surface area contributed by atoms with Crippen molar-refractivity contribution in [3.05, 3.63) is 0 Å². The Bertz CT molecular complexity index is 445. The Morgan fingerprint density at radius 1 is 1.10 bits per heavy atom. The summed E-state index contributed by atoms with van der Waals surface area (Å²) in [4.78, 5) is 10.9. The van der Waals surface area contributed by atoms with Crippen LogP contribution in [0.5, 0.6) is 0 Å². The van der Waals surface area contributed by atoms with E-state index in [1.165, 1.54) is 8.61 Å². The number of carboxylic acid groups (broad SMARTS) is 1. The van der Waals surface area contributed by atoms with Gasteiger partial charge in [-0.3, -0.25) is 4.79 Å². The van der Waals surface area contributed by atoms with E-state index in [-0.39, 0.29) is 25.7 Å². The number of nitrogens with zero attached hydrogens (tertiary/aromatic N) is 2. The Morgan fingerprint density at radius 3 is 2.30 bits per heavy atom. The van der Waals surface area contributed by atoms with Crippen molar-refractivity contribution in [1.29, 1.82) is 0 Å². The van der Waals surface area contributed by atoms with E-state index >= 15 is 0 Å². The lowest BCUT2D eigenvalue weighted by Crippen LogP contribution is -2.53. The molecule has 7 nitrogen and oxygen atoms in total. The van der Waals surface area contributed by atoms with Crippen molar-refractivity contribution in [2.24, 2.45) is 5.92 Å². The molecular formula is C12H22N2O5S. The molecule has 0 spiro atoms. The number of aliphatic carboxylic acids is 1. The van der Waals surface area contributed by atoms with Crippen LogP contribution in [0.15, 0.2) is 0 Å². The second-order valence-corrected chi connectivity index (χ2v) is 7.34. The topological polar surface area (TPSA) is 98.2 Å². The van der Waals surface area contributed by atoms with E-state index in [1.54, 1.807) is 0 Å². The number of hydrogen-bond donors (Lipinski definition) is 2. The van der Waals surface area contributed by atoms with Crippen molar-refractivity contribution >= 4 is 16.2 Å². The summed E-state index contributed by atoms with van der Waals surface area (Å²) in [6, 6.07) is -0.342. The predicted molar refractivity (Wildman–Crippen MR) is 72.3 cm³/mol. The minimum atomic E-state index is -3.58. The molecule has 1 unspecified atom stereocenters. The lowest BCUT2D eigenvalue weighted by Gasteiger charge is -2.39. The van der Waals surface area contributed by atoms with Gasteiger partial charge < -0.3 is 10.2 Å². The standard InChI is InChI=1S/C12H22N2O5S/c15-9-11-3-1-2-6-14(11)20(18,19)13-7-4-10(5-8-13)12(16)17/h10-11,15H,1-9H2,(H,16,17). The monoisotopic (exact) mass is 306 g/mol. The van der Waals surface area contributed by atoms with Gasteiger partial charge in [-0.1, -0.05) is 6.42 Å². The number of aliphatic hydroxyl groups is 1. The third-order valence-electron chi connectivity index (χ3n) is 4.21. The highest BCUT2D eigenvalue weighted by Gasteiger charge is 2.38. The number of carboxylic acids is 1. The lowest BCUT2D eigenvalue weighted by molar-refractivity contribution is -0.142. The van der Waals surface area contributed by atoms with Crippen molar-refractivity contribution in [2.75, 3.05) is 26.2 Å². The van der Waals surface area contributed by atoms with Gasteiger partial charge in [0.2, 0.25) is 0 Å². The molecule has 0 amide bonds. The first kappa shape index (κ1) is 15.7. The Morgan fingerprint density at radius 2 is 1.75 bits per heavy atom. The van der Waals surface area contributed by atoms with Gasteiger partial charge in [0.25, 0.3) is 10.2 Å². The zero-order valence-corrected chi connectivity index (χ0v) is 12.3. The highest BCUT2D eigenvalue weighted by Crippen LogP contribution is 2.26. The molecule has 20 heavy (non-hydrogen) atoms. The molecule has 0 radical (unpaired) electrons. The van der Waals surface area contributed by atoms with Crippen molar-refractivity contribution in [3.8, 4) is 0 Å². The molecule has 2 aliphatic rings. The number of aliphatic hydroxyl groups excluding tert-OH is 1. The fourth-order valence-electron chi connectivity index (χ4n) is 2.94. The second kappa shape index (κ2) is 6.38. The molecule has 0 aromatic rings. The van der Waals surface area contributed by atoms with Gasteiger partial charge in [0.05, 0.1) is 12.5 Å². The second-order valence-electron chi connectivity index (χ2n) is 5.46. The number of piperidine rings is 2. The van der Waals surface area contributed by atoms with Crippen molar-refractivity contribution < 1.29 is 23.4 Å². The molecule has 0 aliphatic carbocycles. The summed E-state index contributed by atoms with van der Waals surface area (Å²) >= 11 is 0. The smallest absolute Gasteiger partial charge is 0.306 e. The average Bonchev–Trinajstić information content (AvgIpc) is 2.47. The summed E-state index contributed by atoms with van der Waals surface area (Å²) in [5.74, 6) is -1.30. The molecule has 8 heteroatoms. The van der Waals surface area contributed by atoms with Gasteiger partial charge in [0.15, 0.2) is 0 Å². The van der Waals surface area contributed by atoms with Crippen LogP contribution in [0.25, 0.3) is 0 Å². The SMILES string of the molecule is O=C(O)C1CCN(S(=O)(=O)N2CCCCC2CO)CC1. The molecule has 0 saturated carbocycles. The van der Waals surface area contributed by atoms with Crippen LogP contribution in [0.3, 0.4) is 0 Å². The predicted octanol–water partition coefficient (Wildman–Crippen LogP) is -0.125. The van der Waals surface area contributed by atoms with E-state index < -0.39 is 22.1 Å². The fraction of sp³-hybridized carbons (Fsp3) is 0.917. The minimum absolute atomic E-state index is 0.162. The summed E-state index contributed by atoms with van der Waals surface area (Å²) < 4.78 is 27.9. The zero-order valence-electron chi connectivity index (χ0n) is 11.4. The number of carbonyl (C=O) groups is 1. The van der Waals surface area contributed by atoms with Gasteiger partial charge in [0, 0.05) is 25.7 Å². The molecule has 0 aromatic carbocycles. The first-order chi connectivity index (χ1) is 9.46. The third-order valence-corrected chi connectivity index (χ3v) is 6.30. The first-order valence-corrected chi connectivity index (χ1v) is 8.47. The normalized spacial score (nSPS) is 27.6. The quantitative estimate of drug-likeness (QED) is 0.754. The molecule has 0 aromatic heterocycles. The first-order valence-electron chi connectivity index (χ1n) is 7.07. The number of rotatable bonds is 4. The van der Waals surface area contributed by atoms with Gasteiger partial charge in [-0.05, 0) is 25.7 Å². The van der Waals surface area contributed by atoms with Gasteiger partial charge in [-0.2, -0.15) is 17.0 Å². The Hall–Kier alpha value is -0.700. The molecular weight excluding hydrogens is 284 g/mol. The summed E-state index contributed by atoms with van der Waals surface area (Å²) in [6.07, 6.45) is 3.12. The molecule has 2 N–H and O–H groups in total. The van der Waals surface area contributed by atoms with Crippen LogP contribution in [0.1, 0.15) is 32.1 Å². The maximum absolute atomic E-state index is 12.6. The Kier molecular flexibility index (Phi) is 5.00. The summed E-state index contributed by atoms with van der Waals surface area (Å²) in [5.41, 5.74) is 0. The molecule has 2 rings (SSSR count). The zero-order chi connectivity index (χ0) is 14.8. The Labute approximate surface area is 119 Å². The molecule has 2 fully saturated rings. The van der Waals surface area contributed by atoms with Crippen LogP contribution < -0.4 is 0 Å². The molecule has 2 saturated heterocycles. The highest BCUT2D eigenvalue weighted by molar-refractivity contribution is 7.86. The van der Waals surface area contributed by atoms with Crippen molar-refractivity contribution in [2.45, 2.75) is 38.1 Å². The van der Waals surface area contributed by atoms with E-state index in [9.17, 15) is 18.3 Å². The van der Waals surface area contributed by atoms with Crippen LogP contribution in [0.4, 0.5) is 0 Å². The third kappa shape index (κ3) is 3.13. The van der Waals surface area contributed by atoms with Crippen LogP contribution in [0.2, 0.25) is 0 Å². The average molecular weight is 306 g/mol. The van der Waals surface area contributed by atoms with Gasteiger partial charge in [-0.25, -0.2) is 0 Å². The highest BCUT2D eigenvalue weighted by atomic mass is 32.2. The van der Waals surface area contributed by atoms with Gasteiger partial charge in [-0.15, -0.1) is 0 Å². The van der Waals surface area contributed by atoms with E-state index in [0.29, 0.717) is 25.8 Å². The van der Waals surface area contributed by atoms with E-state index in [4.69, 9.17) is 5.11 Å². The fourth-order valence-corrected chi connectivity index (χ4v) is 4.82. The van der Waals surface area contributed by atoms with Crippen LogP contribution in [0, 0.1) is 5.92 Å². The minimum Gasteiger partial charge on any atom is -0.481 e. The van der Waals surface area contributed by atoms with Gasteiger partial charge >= 0.3 is 5.97 Å².